The average Bonchev–Trinajstić information content (AvgIpc) is 3.01. The van der Waals surface area contributed by atoms with Crippen LogP contribution in [0.15, 0.2) is 18.2 Å². The number of anilines is 1. The van der Waals surface area contributed by atoms with Gasteiger partial charge in [0.2, 0.25) is 5.91 Å². The number of halogens is 1. The van der Waals surface area contributed by atoms with Gasteiger partial charge in [0.15, 0.2) is 0 Å². The lowest BCUT2D eigenvalue weighted by Crippen LogP contribution is -2.17. The molecule has 2 rings (SSSR count). The standard InChI is InChI=1S/C12H12ClNO3/c1-6-4-7(13)2-3-10(6)14-11(15)8-5-9(8)12(16)17/h2-4,8-9H,5H2,1H3,(H,14,15)(H,16,17)/t8-,9+/m1/s1. The largest absolute Gasteiger partial charge is 0.481 e. The monoisotopic (exact) mass is 253 g/mol. The maximum Gasteiger partial charge on any atom is 0.307 e. The van der Waals surface area contributed by atoms with Crippen LogP contribution in [0.1, 0.15) is 12.0 Å². The lowest BCUT2D eigenvalue weighted by Gasteiger charge is -2.08. The molecule has 1 amide bonds. The minimum Gasteiger partial charge on any atom is -0.481 e. The minimum atomic E-state index is -0.905. The van der Waals surface area contributed by atoms with Crippen LogP contribution in [0, 0.1) is 18.8 Å². The number of aliphatic carboxylic acids is 1. The van der Waals surface area contributed by atoms with E-state index in [1.165, 1.54) is 0 Å². The molecule has 0 aromatic heterocycles. The molecule has 2 N–H and O–H groups in total. The van der Waals surface area contributed by atoms with E-state index < -0.39 is 17.8 Å². The highest BCUT2D eigenvalue weighted by Gasteiger charge is 2.48. The third-order valence-electron chi connectivity index (χ3n) is 2.89. The highest BCUT2D eigenvalue weighted by molar-refractivity contribution is 6.30. The molecule has 1 aliphatic rings. The summed E-state index contributed by atoms with van der Waals surface area (Å²) in [6.45, 7) is 1.84. The van der Waals surface area contributed by atoms with Gasteiger partial charge in [-0.1, -0.05) is 11.6 Å². The van der Waals surface area contributed by atoms with E-state index in [4.69, 9.17) is 16.7 Å². The Hall–Kier alpha value is -1.55. The molecule has 0 aliphatic heterocycles. The summed E-state index contributed by atoms with van der Waals surface area (Å²) < 4.78 is 0. The summed E-state index contributed by atoms with van der Waals surface area (Å²) >= 11 is 5.80. The van der Waals surface area contributed by atoms with Crippen molar-refractivity contribution in [1.29, 1.82) is 0 Å². The van der Waals surface area contributed by atoms with Gasteiger partial charge in [-0.3, -0.25) is 9.59 Å². The molecule has 4 nitrogen and oxygen atoms in total. The van der Waals surface area contributed by atoms with Gasteiger partial charge in [-0.05, 0) is 37.1 Å². The Kier molecular flexibility index (Phi) is 3.07. The first kappa shape index (κ1) is 11.9. The molecule has 1 aromatic carbocycles. The highest BCUT2D eigenvalue weighted by Crippen LogP contribution is 2.39. The van der Waals surface area contributed by atoms with E-state index in [0.29, 0.717) is 17.1 Å². The van der Waals surface area contributed by atoms with Crippen LogP contribution in [0.4, 0.5) is 5.69 Å². The number of carboxylic acids is 1. The van der Waals surface area contributed by atoms with Crippen LogP contribution in [0.25, 0.3) is 0 Å². The Morgan fingerprint density at radius 3 is 2.65 bits per heavy atom. The van der Waals surface area contributed by atoms with Gasteiger partial charge in [0, 0.05) is 10.7 Å². The fourth-order valence-electron chi connectivity index (χ4n) is 1.75. The number of hydrogen-bond acceptors (Lipinski definition) is 2. The van der Waals surface area contributed by atoms with Gasteiger partial charge in [-0.2, -0.15) is 0 Å². The fourth-order valence-corrected chi connectivity index (χ4v) is 1.98. The number of aryl methyl sites for hydroxylation is 1. The van der Waals surface area contributed by atoms with Crippen LogP contribution in [-0.2, 0) is 9.59 Å². The molecule has 0 spiro atoms. The van der Waals surface area contributed by atoms with Crippen molar-refractivity contribution >= 4 is 29.2 Å². The van der Waals surface area contributed by atoms with E-state index in [1.807, 2.05) is 6.92 Å². The summed E-state index contributed by atoms with van der Waals surface area (Å²) in [6.07, 6.45) is 0.424. The summed E-state index contributed by atoms with van der Waals surface area (Å²) in [5.74, 6) is -2.06. The molecule has 90 valence electrons. The van der Waals surface area contributed by atoms with E-state index in [0.717, 1.165) is 5.56 Å². The molecule has 0 radical (unpaired) electrons. The summed E-state index contributed by atoms with van der Waals surface area (Å²) in [4.78, 5) is 22.4. The Balaban J connectivity index is 2.02. The van der Waals surface area contributed by atoms with Gasteiger partial charge < -0.3 is 10.4 Å². The first-order valence-electron chi connectivity index (χ1n) is 5.29. The van der Waals surface area contributed by atoms with Crippen molar-refractivity contribution in [1.82, 2.24) is 0 Å². The van der Waals surface area contributed by atoms with Crippen LogP contribution in [0.5, 0.6) is 0 Å². The lowest BCUT2D eigenvalue weighted by molar-refractivity contribution is -0.139. The molecule has 1 saturated carbocycles. The number of carboxylic acid groups (broad SMARTS) is 1. The van der Waals surface area contributed by atoms with Gasteiger partial charge in [-0.25, -0.2) is 0 Å². The Morgan fingerprint density at radius 2 is 2.12 bits per heavy atom. The lowest BCUT2D eigenvalue weighted by atomic mass is 10.2. The number of amides is 1. The van der Waals surface area contributed by atoms with E-state index >= 15 is 0 Å². The third-order valence-corrected chi connectivity index (χ3v) is 3.13. The van der Waals surface area contributed by atoms with Gasteiger partial charge in [-0.15, -0.1) is 0 Å². The first-order chi connectivity index (χ1) is 7.99. The predicted octanol–water partition coefficient (Wildman–Crippen LogP) is 2.31. The van der Waals surface area contributed by atoms with Gasteiger partial charge in [0.25, 0.3) is 0 Å². The quantitative estimate of drug-likeness (QED) is 0.869. The Labute approximate surface area is 104 Å². The van der Waals surface area contributed by atoms with E-state index in [9.17, 15) is 9.59 Å². The first-order valence-corrected chi connectivity index (χ1v) is 5.66. The van der Waals surface area contributed by atoms with Crippen molar-refractivity contribution < 1.29 is 14.7 Å². The SMILES string of the molecule is Cc1cc(Cl)ccc1NC(=O)[C@@H]1C[C@@H]1C(=O)O. The predicted molar refractivity (Wildman–Crippen MR) is 64.1 cm³/mol. The van der Waals surface area contributed by atoms with Crippen LogP contribution >= 0.6 is 11.6 Å². The molecule has 5 heteroatoms. The van der Waals surface area contributed by atoms with E-state index in [-0.39, 0.29) is 5.91 Å². The number of benzene rings is 1. The maximum atomic E-state index is 11.7. The number of rotatable bonds is 3. The average molecular weight is 254 g/mol. The van der Waals surface area contributed by atoms with E-state index in [2.05, 4.69) is 5.32 Å². The maximum absolute atomic E-state index is 11.7. The van der Waals surface area contributed by atoms with Crippen molar-refractivity contribution in [3.63, 3.8) is 0 Å². The zero-order chi connectivity index (χ0) is 12.6. The van der Waals surface area contributed by atoms with Crippen molar-refractivity contribution in [2.24, 2.45) is 11.8 Å². The molecule has 0 bridgehead atoms. The molecule has 0 heterocycles. The molecule has 17 heavy (non-hydrogen) atoms. The zero-order valence-electron chi connectivity index (χ0n) is 9.24. The number of carbonyl (C=O) groups excluding carboxylic acids is 1. The summed E-state index contributed by atoms with van der Waals surface area (Å²) in [6, 6.07) is 5.15. The van der Waals surface area contributed by atoms with Crippen molar-refractivity contribution in [3.8, 4) is 0 Å². The van der Waals surface area contributed by atoms with Crippen LogP contribution < -0.4 is 5.32 Å². The molecule has 1 aliphatic carbocycles. The van der Waals surface area contributed by atoms with Gasteiger partial charge in [0.1, 0.15) is 0 Å². The molecule has 1 fully saturated rings. The minimum absolute atomic E-state index is 0.233. The number of hydrogen-bond donors (Lipinski definition) is 2. The summed E-state index contributed by atoms with van der Waals surface area (Å²) in [5, 5.41) is 12.1. The second-order valence-electron chi connectivity index (χ2n) is 4.24. The van der Waals surface area contributed by atoms with Crippen molar-refractivity contribution in [3.05, 3.63) is 28.8 Å². The second kappa shape index (κ2) is 4.37. The fraction of sp³-hybridized carbons (Fsp3) is 0.333. The normalized spacial score (nSPS) is 22.0. The molecule has 2 atom stereocenters. The smallest absolute Gasteiger partial charge is 0.307 e. The van der Waals surface area contributed by atoms with Gasteiger partial charge >= 0.3 is 5.97 Å². The topological polar surface area (TPSA) is 66.4 Å². The highest BCUT2D eigenvalue weighted by atomic mass is 35.5. The zero-order valence-corrected chi connectivity index (χ0v) is 9.99. The molecular formula is C12H12ClNO3. The van der Waals surface area contributed by atoms with E-state index in [1.54, 1.807) is 18.2 Å². The van der Waals surface area contributed by atoms with Crippen LogP contribution in [-0.4, -0.2) is 17.0 Å². The number of carbonyl (C=O) groups is 2. The van der Waals surface area contributed by atoms with Crippen molar-refractivity contribution in [2.75, 3.05) is 5.32 Å². The van der Waals surface area contributed by atoms with Crippen LogP contribution in [0.2, 0.25) is 5.02 Å². The number of nitrogens with one attached hydrogen (secondary N) is 1. The summed E-state index contributed by atoms with van der Waals surface area (Å²) in [7, 11) is 0. The Bertz CT molecular complexity index is 487. The molecule has 1 aromatic rings. The molecule has 0 saturated heterocycles. The summed E-state index contributed by atoms with van der Waals surface area (Å²) in [5.41, 5.74) is 1.54. The molecular weight excluding hydrogens is 242 g/mol. The molecule has 0 unspecified atom stereocenters. The van der Waals surface area contributed by atoms with Gasteiger partial charge in [0.05, 0.1) is 11.8 Å². The van der Waals surface area contributed by atoms with Crippen molar-refractivity contribution in [2.45, 2.75) is 13.3 Å². The second-order valence-corrected chi connectivity index (χ2v) is 4.67. The van der Waals surface area contributed by atoms with Crippen LogP contribution in [0.3, 0.4) is 0 Å². The third kappa shape index (κ3) is 2.58. The Morgan fingerprint density at radius 1 is 1.41 bits per heavy atom.